The van der Waals surface area contributed by atoms with E-state index in [4.69, 9.17) is 11.0 Å². The van der Waals surface area contributed by atoms with Gasteiger partial charge in [0.15, 0.2) is 0 Å². The second-order valence-electron chi connectivity index (χ2n) is 3.76. The summed E-state index contributed by atoms with van der Waals surface area (Å²) in [6.07, 6.45) is 1.53. The van der Waals surface area contributed by atoms with Gasteiger partial charge in [0.05, 0.1) is 22.8 Å². The summed E-state index contributed by atoms with van der Waals surface area (Å²) >= 11 is 0. The Hall–Kier alpha value is -3.08. The highest BCUT2D eigenvalue weighted by Gasteiger charge is 2.14. The van der Waals surface area contributed by atoms with E-state index in [0.717, 1.165) is 0 Å². The van der Waals surface area contributed by atoms with Crippen LogP contribution in [0.15, 0.2) is 24.4 Å². The van der Waals surface area contributed by atoms with Crippen molar-refractivity contribution < 1.29 is 4.92 Å². The number of nitrogens with zero attached hydrogens (tertiary/aromatic N) is 3. The number of nitrogen functional groups attached to an aromatic ring is 1. The number of H-pyrrole nitrogens is 1. The van der Waals surface area contributed by atoms with Gasteiger partial charge in [-0.15, -0.1) is 0 Å². The van der Waals surface area contributed by atoms with Crippen LogP contribution in [0.4, 0.5) is 17.2 Å². The third-order valence-electron chi connectivity index (χ3n) is 2.54. The van der Waals surface area contributed by atoms with Crippen molar-refractivity contribution in [1.82, 2.24) is 10.2 Å². The molecule has 4 N–H and O–H groups in total. The summed E-state index contributed by atoms with van der Waals surface area (Å²) in [6.45, 7) is 0.276. The second kappa shape index (κ2) is 5.05. The van der Waals surface area contributed by atoms with Gasteiger partial charge in [-0.3, -0.25) is 15.2 Å². The summed E-state index contributed by atoms with van der Waals surface area (Å²) in [5.41, 5.74) is 6.82. The molecule has 0 aliphatic rings. The summed E-state index contributed by atoms with van der Waals surface area (Å²) in [4.78, 5) is 10.4. The van der Waals surface area contributed by atoms with E-state index in [2.05, 4.69) is 15.5 Å². The van der Waals surface area contributed by atoms with Gasteiger partial charge >= 0.3 is 0 Å². The largest absolute Gasteiger partial charge is 0.384 e. The molecule has 2 rings (SSSR count). The van der Waals surface area contributed by atoms with Gasteiger partial charge in [-0.25, -0.2) is 0 Å². The molecule has 0 aliphatic carbocycles. The van der Waals surface area contributed by atoms with Gasteiger partial charge in [-0.1, -0.05) is 0 Å². The maximum atomic E-state index is 10.9. The van der Waals surface area contributed by atoms with Gasteiger partial charge in [0, 0.05) is 18.2 Å². The highest BCUT2D eigenvalue weighted by Crippen LogP contribution is 2.26. The molecule has 0 atom stereocenters. The van der Waals surface area contributed by atoms with Crippen molar-refractivity contribution >= 4 is 17.2 Å². The predicted octanol–water partition coefficient (Wildman–Crippen LogP) is 1.38. The number of hydrogen-bond acceptors (Lipinski definition) is 6. The molecule has 19 heavy (non-hydrogen) atoms. The standard InChI is InChI=1S/C11H10N6O2/c12-4-7-1-2-10(17(18)19)9(3-7)14-5-8-6-15-16-11(8)13/h1-3,6,14H,5H2,(H3,13,15,16). The fourth-order valence-electron chi connectivity index (χ4n) is 1.56. The van der Waals surface area contributed by atoms with Gasteiger partial charge < -0.3 is 11.1 Å². The molecule has 96 valence electrons. The number of aromatic amines is 1. The Kier molecular flexibility index (Phi) is 3.29. The molecule has 8 nitrogen and oxygen atoms in total. The van der Waals surface area contributed by atoms with E-state index < -0.39 is 4.92 Å². The monoisotopic (exact) mass is 258 g/mol. The van der Waals surface area contributed by atoms with E-state index in [0.29, 0.717) is 16.9 Å². The summed E-state index contributed by atoms with van der Waals surface area (Å²) < 4.78 is 0. The Morgan fingerprint density at radius 3 is 2.95 bits per heavy atom. The molecule has 0 unspecified atom stereocenters. The molecule has 8 heteroatoms. The Labute approximate surface area is 108 Å². The highest BCUT2D eigenvalue weighted by molar-refractivity contribution is 5.64. The topological polar surface area (TPSA) is 134 Å². The van der Waals surface area contributed by atoms with E-state index in [1.54, 1.807) is 0 Å². The van der Waals surface area contributed by atoms with Crippen molar-refractivity contribution in [2.75, 3.05) is 11.1 Å². The van der Waals surface area contributed by atoms with Crippen LogP contribution in [0.25, 0.3) is 0 Å². The molecule has 0 aliphatic heterocycles. The lowest BCUT2D eigenvalue weighted by Crippen LogP contribution is -2.04. The number of nitrogens with two attached hydrogens (primary N) is 1. The summed E-state index contributed by atoms with van der Waals surface area (Å²) in [5, 5.41) is 28.9. The van der Waals surface area contributed by atoms with Crippen LogP contribution in [0.3, 0.4) is 0 Å². The van der Waals surface area contributed by atoms with Crippen molar-refractivity contribution in [2.24, 2.45) is 0 Å². The van der Waals surface area contributed by atoms with E-state index in [1.165, 1.54) is 24.4 Å². The SMILES string of the molecule is N#Cc1ccc([N+](=O)[O-])c(NCc2cn[nH]c2N)c1. The first-order valence-corrected chi connectivity index (χ1v) is 5.32. The lowest BCUT2D eigenvalue weighted by molar-refractivity contribution is -0.384. The molecule has 2 aromatic rings. The zero-order valence-electron chi connectivity index (χ0n) is 9.75. The van der Waals surface area contributed by atoms with Gasteiger partial charge in [0.2, 0.25) is 0 Å². The van der Waals surface area contributed by atoms with Gasteiger partial charge in [-0.05, 0) is 12.1 Å². The van der Waals surface area contributed by atoms with Gasteiger partial charge in [0.25, 0.3) is 5.69 Å². The Morgan fingerprint density at radius 1 is 1.58 bits per heavy atom. The quantitative estimate of drug-likeness (QED) is 0.560. The molecule has 0 radical (unpaired) electrons. The van der Waals surface area contributed by atoms with Crippen molar-refractivity contribution in [3.8, 4) is 6.07 Å². The number of nitrogens with one attached hydrogen (secondary N) is 2. The highest BCUT2D eigenvalue weighted by atomic mass is 16.6. The number of nitro groups is 1. The van der Waals surface area contributed by atoms with Gasteiger partial charge in [-0.2, -0.15) is 10.4 Å². The minimum absolute atomic E-state index is 0.0962. The van der Waals surface area contributed by atoms with Crippen LogP contribution >= 0.6 is 0 Å². The number of nitro benzene ring substituents is 1. The maximum absolute atomic E-state index is 10.9. The predicted molar refractivity (Wildman–Crippen MR) is 68.1 cm³/mol. The van der Waals surface area contributed by atoms with E-state index in [1.807, 2.05) is 6.07 Å². The van der Waals surface area contributed by atoms with Crippen LogP contribution in [0.2, 0.25) is 0 Å². The Morgan fingerprint density at radius 2 is 2.37 bits per heavy atom. The zero-order chi connectivity index (χ0) is 13.8. The van der Waals surface area contributed by atoms with Crippen LogP contribution in [-0.2, 0) is 6.54 Å². The normalized spacial score (nSPS) is 9.84. The Balaban J connectivity index is 2.25. The van der Waals surface area contributed by atoms with Crippen molar-refractivity contribution in [3.05, 3.63) is 45.6 Å². The summed E-state index contributed by atoms with van der Waals surface area (Å²) in [7, 11) is 0. The second-order valence-corrected chi connectivity index (χ2v) is 3.76. The molecule has 1 aromatic heterocycles. The number of hydrogen-bond donors (Lipinski definition) is 3. The average Bonchev–Trinajstić information content (AvgIpc) is 2.81. The molecule has 0 saturated heterocycles. The molecule has 0 fully saturated rings. The van der Waals surface area contributed by atoms with Crippen molar-refractivity contribution in [2.45, 2.75) is 6.54 Å². The zero-order valence-corrected chi connectivity index (χ0v) is 9.75. The first-order chi connectivity index (χ1) is 9.11. The first kappa shape index (κ1) is 12.4. The number of anilines is 2. The molecule has 1 heterocycles. The number of aromatic nitrogens is 2. The van der Waals surface area contributed by atoms with E-state index in [9.17, 15) is 10.1 Å². The van der Waals surface area contributed by atoms with Crippen LogP contribution < -0.4 is 11.1 Å². The lowest BCUT2D eigenvalue weighted by atomic mass is 10.2. The third-order valence-corrected chi connectivity index (χ3v) is 2.54. The van der Waals surface area contributed by atoms with Crippen LogP contribution in [0, 0.1) is 21.4 Å². The third kappa shape index (κ3) is 2.61. The van der Waals surface area contributed by atoms with E-state index in [-0.39, 0.29) is 17.9 Å². The van der Waals surface area contributed by atoms with Crippen LogP contribution in [-0.4, -0.2) is 15.1 Å². The summed E-state index contributed by atoms with van der Waals surface area (Å²) in [6, 6.07) is 6.05. The van der Waals surface area contributed by atoms with E-state index >= 15 is 0 Å². The lowest BCUT2D eigenvalue weighted by Gasteiger charge is -2.06. The molecule has 0 saturated carbocycles. The molecular weight excluding hydrogens is 248 g/mol. The number of nitriles is 1. The maximum Gasteiger partial charge on any atom is 0.292 e. The van der Waals surface area contributed by atoms with Crippen LogP contribution in [0.5, 0.6) is 0 Å². The van der Waals surface area contributed by atoms with Crippen molar-refractivity contribution in [3.63, 3.8) is 0 Å². The fraction of sp³-hybridized carbons (Fsp3) is 0.0909. The number of rotatable bonds is 4. The minimum atomic E-state index is -0.512. The minimum Gasteiger partial charge on any atom is -0.384 e. The fourth-order valence-corrected chi connectivity index (χ4v) is 1.56. The first-order valence-electron chi connectivity index (χ1n) is 5.32. The smallest absolute Gasteiger partial charge is 0.292 e. The summed E-state index contributed by atoms with van der Waals surface area (Å²) in [5.74, 6) is 0.395. The number of benzene rings is 1. The van der Waals surface area contributed by atoms with Gasteiger partial charge in [0.1, 0.15) is 11.5 Å². The molecule has 0 amide bonds. The van der Waals surface area contributed by atoms with Crippen molar-refractivity contribution in [1.29, 1.82) is 5.26 Å². The van der Waals surface area contributed by atoms with Crippen LogP contribution in [0.1, 0.15) is 11.1 Å². The molecule has 0 bridgehead atoms. The Bertz CT molecular complexity index is 657. The average molecular weight is 258 g/mol. The molecule has 0 spiro atoms. The molecular formula is C11H10N6O2. The molecule has 1 aromatic carbocycles.